The molecule has 0 saturated carbocycles. The van der Waals surface area contributed by atoms with Crippen molar-refractivity contribution < 1.29 is 28.7 Å². The Balaban J connectivity index is 1.34. The molecule has 45 heavy (non-hydrogen) atoms. The molecule has 0 N–H and O–H groups in total. The third kappa shape index (κ3) is 6.43. The predicted molar refractivity (Wildman–Crippen MR) is 174 cm³/mol. The van der Waals surface area contributed by atoms with Gasteiger partial charge in [0.25, 0.3) is 5.91 Å². The van der Waals surface area contributed by atoms with E-state index in [9.17, 15) is 19.2 Å². The molecule has 2 amide bonds. The second-order valence-corrected chi connectivity index (χ2v) is 12.9. The van der Waals surface area contributed by atoms with Crippen molar-refractivity contribution in [3.8, 4) is 5.75 Å². The molecule has 0 aliphatic carbocycles. The minimum atomic E-state index is -0.712. The van der Waals surface area contributed by atoms with E-state index in [1.807, 2.05) is 84.2 Å². The lowest BCUT2D eigenvalue weighted by Gasteiger charge is -2.52. The van der Waals surface area contributed by atoms with Gasteiger partial charge in [0, 0.05) is 25.3 Å². The van der Waals surface area contributed by atoms with Gasteiger partial charge in [-0.1, -0.05) is 72.8 Å². The van der Waals surface area contributed by atoms with Crippen molar-refractivity contribution in [3.63, 3.8) is 0 Å². The fraction of sp³-hybridized carbons (Fsp3) is 0.200. The Labute approximate surface area is 269 Å². The van der Waals surface area contributed by atoms with Crippen LogP contribution in [0.15, 0.2) is 114 Å². The summed E-state index contributed by atoms with van der Waals surface area (Å²) in [7, 11) is 0. The molecule has 6 rings (SSSR count). The van der Waals surface area contributed by atoms with Gasteiger partial charge in [-0.05, 0) is 52.8 Å². The summed E-state index contributed by atoms with van der Waals surface area (Å²) in [4.78, 5) is 55.1. The highest BCUT2D eigenvalue weighted by molar-refractivity contribution is 8.01. The van der Waals surface area contributed by atoms with Gasteiger partial charge in [-0.15, -0.1) is 23.1 Å². The lowest BCUT2D eigenvalue weighted by molar-refractivity contribution is -0.144. The number of fused-ring (bicyclic) bond motifs is 1. The summed E-state index contributed by atoms with van der Waals surface area (Å²) >= 11 is 2.84. The number of hydrogen-bond donors (Lipinski definition) is 0. The highest BCUT2D eigenvalue weighted by atomic mass is 32.2. The van der Waals surface area contributed by atoms with E-state index < -0.39 is 34.7 Å². The number of carbonyl (C=O) groups is 4. The number of benzene rings is 3. The van der Waals surface area contributed by atoms with Crippen molar-refractivity contribution in [2.24, 2.45) is 0 Å². The van der Waals surface area contributed by atoms with E-state index >= 15 is 0 Å². The molecule has 1 aromatic heterocycles. The molecule has 2 aliphatic rings. The van der Waals surface area contributed by atoms with Crippen LogP contribution in [0.5, 0.6) is 5.75 Å². The lowest BCUT2D eigenvalue weighted by atomic mass is 9.99. The van der Waals surface area contributed by atoms with E-state index in [0.29, 0.717) is 22.7 Å². The SMILES string of the molecule is CC(=O)Oc1cccc(CC2S[C@@H]3C(N(C(C)=O)c4cccs4)C(=O)N3C=C2C(=O)OC(c2ccccc2)c2ccccc2)c1. The lowest BCUT2D eigenvalue weighted by Crippen LogP contribution is -2.70. The van der Waals surface area contributed by atoms with Crippen LogP contribution in [0.1, 0.15) is 36.6 Å². The molecule has 1 fully saturated rings. The van der Waals surface area contributed by atoms with Crippen LogP contribution in [-0.2, 0) is 30.3 Å². The Kier molecular flexibility index (Phi) is 8.86. The number of β-lactam (4-membered cyclic amide) rings is 1. The van der Waals surface area contributed by atoms with Gasteiger partial charge in [0.05, 0.1) is 10.6 Å². The zero-order valence-electron chi connectivity index (χ0n) is 24.6. The first kappa shape index (κ1) is 30.4. The number of carbonyl (C=O) groups excluding carboxylic acids is 4. The molecule has 3 atom stereocenters. The van der Waals surface area contributed by atoms with Crippen LogP contribution in [0.3, 0.4) is 0 Å². The summed E-state index contributed by atoms with van der Waals surface area (Å²) in [5.74, 6) is -1.07. The second-order valence-electron chi connectivity index (χ2n) is 10.7. The molecule has 0 bridgehead atoms. The van der Waals surface area contributed by atoms with Gasteiger partial charge in [0.2, 0.25) is 5.91 Å². The molecule has 2 aliphatic heterocycles. The van der Waals surface area contributed by atoms with E-state index in [2.05, 4.69) is 0 Å². The molecule has 4 aromatic rings. The maximum absolute atomic E-state index is 14.1. The van der Waals surface area contributed by atoms with E-state index in [4.69, 9.17) is 9.47 Å². The van der Waals surface area contributed by atoms with Crippen LogP contribution in [0.2, 0.25) is 0 Å². The number of rotatable bonds is 9. The molecule has 1 saturated heterocycles. The predicted octanol–water partition coefficient (Wildman–Crippen LogP) is 6.14. The van der Waals surface area contributed by atoms with E-state index in [1.165, 1.54) is 46.7 Å². The van der Waals surface area contributed by atoms with Gasteiger partial charge in [-0.3, -0.25) is 19.3 Å². The average Bonchev–Trinajstić information content (AvgIpc) is 3.57. The van der Waals surface area contributed by atoms with Crippen LogP contribution in [0, 0.1) is 0 Å². The van der Waals surface area contributed by atoms with Crippen molar-refractivity contribution in [2.75, 3.05) is 4.90 Å². The highest BCUT2D eigenvalue weighted by Crippen LogP contribution is 2.46. The van der Waals surface area contributed by atoms with Gasteiger partial charge < -0.3 is 14.4 Å². The summed E-state index contributed by atoms with van der Waals surface area (Å²) in [6.07, 6.45) is 1.32. The van der Waals surface area contributed by atoms with Gasteiger partial charge in [-0.25, -0.2) is 4.79 Å². The minimum absolute atomic E-state index is 0.232. The maximum atomic E-state index is 14.1. The summed E-state index contributed by atoms with van der Waals surface area (Å²) < 4.78 is 11.5. The first-order valence-corrected chi connectivity index (χ1v) is 16.2. The third-order valence-corrected chi connectivity index (χ3v) is 9.97. The number of esters is 2. The van der Waals surface area contributed by atoms with E-state index in [1.54, 1.807) is 24.4 Å². The first-order valence-electron chi connectivity index (χ1n) is 14.4. The van der Waals surface area contributed by atoms with Crippen molar-refractivity contribution in [1.29, 1.82) is 0 Å². The van der Waals surface area contributed by atoms with Crippen LogP contribution in [0.25, 0.3) is 0 Å². The Morgan fingerprint density at radius 1 is 0.889 bits per heavy atom. The fourth-order valence-corrected chi connectivity index (χ4v) is 7.99. The first-order chi connectivity index (χ1) is 21.8. The van der Waals surface area contributed by atoms with Gasteiger partial charge in [0.1, 0.15) is 17.2 Å². The van der Waals surface area contributed by atoms with Gasteiger partial charge >= 0.3 is 11.9 Å². The zero-order valence-corrected chi connectivity index (χ0v) is 26.2. The molecule has 8 nitrogen and oxygen atoms in total. The topological polar surface area (TPSA) is 93.2 Å². The number of hydrogen-bond acceptors (Lipinski definition) is 8. The zero-order chi connectivity index (χ0) is 31.5. The van der Waals surface area contributed by atoms with Gasteiger partial charge in [-0.2, -0.15) is 0 Å². The normalized spacial score (nSPS) is 18.8. The molecular formula is C35H30N2O6S2. The van der Waals surface area contributed by atoms with Crippen LogP contribution in [0.4, 0.5) is 5.00 Å². The maximum Gasteiger partial charge on any atom is 0.337 e. The minimum Gasteiger partial charge on any atom is -0.449 e. The molecule has 0 spiro atoms. The van der Waals surface area contributed by atoms with Crippen LogP contribution in [-0.4, -0.2) is 45.3 Å². The molecule has 2 unspecified atom stereocenters. The number of ether oxygens (including phenoxy) is 2. The summed E-state index contributed by atoms with van der Waals surface area (Å²) in [5, 5.41) is 1.73. The molecule has 3 heterocycles. The number of nitrogens with zero attached hydrogens (tertiary/aromatic N) is 2. The largest absolute Gasteiger partial charge is 0.449 e. The Morgan fingerprint density at radius 3 is 2.18 bits per heavy atom. The van der Waals surface area contributed by atoms with Crippen LogP contribution < -0.4 is 9.64 Å². The quantitative estimate of drug-likeness (QED) is 0.124. The summed E-state index contributed by atoms with van der Waals surface area (Å²) in [5.41, 5.74) is 2.81. The van der Waals surface area contributed by atoms with Crippen LogP contribution >= 0.6 is 23.1 Å². The molecule has 0 radical (unpaired) electrons. The smallest absolute Gasteiger partial charge is 0.337 e. The summed E-state index contributed by atoms with van der Waals surface area (Å²) in [6, 6.07) is 29.1. The Bertz CT molecular complexity index is 1700. The standard InChI is InChI=1S/C35H30N2O6S2/c1-22(38)37(30-17-10-18-44-30)31-33(40)36-21-28(29(45-34(31)36)20-24-11-9-16-27(19-24)42-23(2)39)35(41)43-32(25-12-5-3-6-13-25)26-14-7-4-8-15-26/h3-19,21,29,31-32,34H,20H2,1-2H3/t29?,31?,34-/m1/s1. The second kappa shape index (κ2) is 13.1. The highest BCUT2D eigenvalue weighted by Gasteiger charge is 2.55. The molecule has 228 valence electrons. The Hall–Kier alpha value is -4.67. The van der Waals surface area contributed by atoms with Gasteiger partial charge in [0.15, 0.2) is 6.10 Å². The van der Waals surface area contributed by atoms with E-state index in [-0.39, 0.29) is 11.8 Å². The van der Waals surface area contributed by atoms with Crippen molar-refractivity contribution in [3.05, 3.63) is 131 Å². The average molecular weight is 639 g/mol. The van der Waals surface area contributed by atoms with Crippen molar-refractivity contribution in [1.82, 2.24) is 4.90 Å². The summed E-state index contributed by atoms with van der Waals surface area (Å²) in [6.45, 7) is 2.79. The number of thioether (sulfide) groups is 1. The molecule has 3 aromatic carbocycles. The molecule has 10 heteroatoms. The number of thiophene rings is 1. The fourth-order valence-electron chi connectivity index (χ4n) is 5.57. The van der Waals surface area contributed by atoms with Crippen molar-refractivity contribution >= 4 is 51.9 Å². The van der Waals surface area contributed by atoms with Crippen molar-refractivity contribution in [2.45, 2.75) is 43.0 Å². The molecular weight excluding hydrogens is 609 g/mol. The third-order valence-electron chi connectivity index (χ3n) is 7.59. The monoisotopic (exact) mass is 638 g/mol. The number of amides is 2. The van der Waals surface area contributed by atoms with E-state index in [0.717, 1.165) is 16.7 Å². The number of anilines is 1. The Morgan fingerprint density at radius 2 is 1.58 bits per heavy atom.